The van der Waals surface area contributed by atoms with E-state index in [-0.39, 0.29) is 5.54 Å². The molecule has 1 aliphatic carbocycles. The Labute approximate surface area is 102 Å². The van der Waals surface area contributed by atoms with Gasteiger partial charge in [0.15, 0.2) is 0 Å². The summed E-state index contributed by atoms with van der Waals surface area (Å²) in [5.41, 5.74) is 1.61. The smallest absolute Gasteiger partial charge is 0.00966 e. The molecule has 1 heteroatoms. The standard InChI is InChI=1S/C15H29N/c1-12(2)9-10-13-7-6-8-14(13)11-16-15(3,4)5/h13-14,16H,1,6-11H2,2-5H3. The molecule has 2 atom stereocenters. The SMILES string of the molecule is C=C(C)CCC1CCCC1CNC(C)(C)C. The van der Waals surface area contributed by atoms with Crippen molar-refractivity contribution in [3.8, 4) is 0 Å². The third-order valence-corrected chi connectivity index (χ3v) is 3.65. The van der Waals surface area contributed by atoms with Crippen LogP contribution in [0.4, 0.5) is 0 Å². The van der Waals surface area contributed by atoms with Crippen molar-refractivity contribution in [3.05, 3.63) is 12.2 Å². The fourth-order valence-corrected chi connectivity index (χ4v) is 2.63. The molecule has 1 aliphatic rings. The number of rotatable bonds is 5. The van der Waals surface area contributed by atoms with Gasteiger partial charge in [-0.15, -0.1) is 6.58 Å². The Kier molecular flexibility index (Phi) is 5.04. The molecule has 1 saturated carbocycles. The molecule has 1 nitrogen and oxygen atoms in total. The number of hydrogen-bond acceptors (Lipinski definition) is 1. The molecule has 1 fully saturated rings. The quantitative estimate of drug-likeness (QED) is 0.691. The second kappa shape index (κ2) is 5.86. The molecule has 0 radical (unpaired) electrons. The zero-order chi connectivity index (χ0) is 12.2. The van der Waals surface area contributed by atoms with Crippen LogP contribution < -0.4 is 5.32 Å². The van der Waals surface area contributed by atoms with Crippen molar-refractivity contribution in [2.45, 2.75) is 65.3 Å². The van der Waals surface area contributed by atoms with Gasteiger partial charge in [0.05, 0.1) is 0 Å². The molecule has 0 aromatic carbocycles. The van der Waals surface area contributed by atoms with Crippen LogP contribution in [-0.2, 0) is 0 Å². The van der Waals surface area contributed by atoms with Gasteiger partial charge in [-0.3, -0.25) is 0 Å². The summed E-state index contributed by atoms with van der Waals surface area (Å²) in [6, 6.07) is 0. The van der Waals surface area contributed by atoms with Gasteiger partial charge in [0.25, 0.3) is 0 Å². The molecule has 0 heterocycles. The second-order valence-electron chi connectivity index (χ2n) is 6.58. The fourth-order valence-electron chi connectivity index (χ4n) is 2.63. The molecule has 2 unspecified atom stereocenters. The second-order valence-corrected chi connectivity index (χ2v) is 6.58. The van der Waals surface area contributed by atoms with E-state index in [0.717, 1.165) is 11.8 Å². The van der Waals surface area contributed by atoms with Crippen LogP contribution >= 0.6 is 0 Å². The van der Waals surface area contributed by atoms with Gasteiger partial charge >= 0.3 is 0 Å². The first-order valence-corrected chi connectivity index (χ1v) is 6.78. The topological polar surface area (TPSA) is 12.0 Å². The molecule has 0 amide bonds. The van der Waals surface area contributed by atoms with Crippen LogP contribution in [0.1, 0.15) is 59.8 Å². The zero-order valence-electron chi connectivity index (χ0n) is 11.6. The molecule has 0 aromatic rings. The Hall–Kier alpha value is -0.300. The molecular weight excluding hydrogens is 194 g/mol. The van der Waals surface area contributed by atoms with Crippen LogP contribution in [0.15, 0.2) is 12.2 Å². The average molecular weight is 223 g/mol. The van der Waals surface area contributed by atoms with Crippen LogP contribution in [0, 0.1) is 11.8 Å². The van der Waals surface area contributed by atoms with Crippen LogP contribution in [0.25, 0.3) is 0 Å². The van der Waals surface area contributed by atoms with E-state index in [4.69, 9.17) is 0 Å². The molecule has 0 aliphatic heterocycles. The van der Waals surface area contributed by atoms with Gasteiger partial charge in [0, 0.05) is 5.54 Å². The Balaban J connectivity index is 2.31. The number of hydrogen-bond donors (Lipinski definition) is 1. The molecule has 0 saturated heterocycles. The number of nitrogens with one attached hydrogen (secondary N) is 1. The van der Waals surface area contributed by atoms with E-state index in [2.05, 4.69) is 39.6 Å². The van der Waals surface area contributed by atoms with Crippen LogP contribution in [-0.4, -0.2) is 12.1 Å². The molecule has 94 valence electrons. The van der Waals surface area contributed by atoms with E-state index in [9.17, 15) is 0 Å². The van der Waals surface area contributed by atoms with Gasteiger partial charge in [-0.1, -0.05) is 18.4 Å². The van der Waals surface area contributed by atoms with Gasteiger partial charge in [0.1, 0.15) is 0 Å². The molecule has 0 aromatic heterocycles. The van der Waals surface area contributed by atoms with Gasteiger partial charge in [0.2, 0.25) is 0 Å². The summed E-state index contributed by atoms with van der Waals surface area (Å²) in [5.74, 6) is 1.84. The minimum Gasteiger partial charge on any atom is -0.312 e. The van der Waals surface area contributed by atoms with Crippen molar-refractivity contribution in [1.29, 1.82) is 0 Å². The normalized spacial score (nSPS) is 26.0. The van der Waals surface area contributed by atoms with Gasteiger partial charge < -0.3 is 5.32 Å². The summed E-state index contributed by atoms with van der Waals surface area (Å²) < 4.78 is 0. The summed E-state index contributed by atoms with van der Waals surface area (Å²) in [6.45, 7) is 14.1. The Morgan fingerprint density at radius 1 is 1.25 bits per heavy atom. The fraction of sp³-hybridized carbons (Fsp3) is 0.867. The number of allylic oxidation sites excluding steroid dienone is 1. The summed E-state index contributed by atoms with van der Waals surface area (Å²) in [7, 11) is 0. The van der Waals surface area contributed by atoms with Crippen molar-refractivity contribution in [2.75, 3.05) is 6.54 Å². The lowest BCUT2D eigenvalue weighted by atomic mass is 9.89. The Morgan fingerprint density at radius 2 is 1.88 bits per heavy atom. The molecule has 16 heavy (non-hydrogen) atoms. The summed E-state index contributed by atoms with van der Waals surface area (Å²) >= 11 is 0. The lowest BCUT2D eigenvalue weighted by molar-refractivity contribution is 0.307. The summed E-state index contributed by atoms with van der Waals surface area (Å²) in [4.78, 5) is 0. The predicted octanol–water partition coefficient (Wildman–Crippen LogP) is 4.15. The van der Waals surface area contributed by atoms with Crippen LogP contribution in [0.3, 0.4) is 0 Å². The van der Waals surface area contributed by atoms with E-state index >= 15 is 0 Å². The van der Waals surface area contributed by atoms with Gasteiger partial charge in [-0.25, -0.2) is 0 Å². The average Bonchev–Trinajstić information content (AvgIpc) is 2.57. The van der Waals surface area contributed by atoms with E-state index in [1.807, 2.05) is 0 Å². The Morgan fingerprint density at radius 3 is 2.44 bits per heavy atom. The maximum Gasteiger partial charge on any atom is 0.00966 e. The first kappa shape index (κ1) is 13.8. The van der Waals surface area contributed by atoms with Crippen molar-refractivity contribution >= 4 is 0 Å². The first-order valence-electron chi connectivity index (χ1n) is 6.78. The maximum atomic E-state index is 4.01. The highest BCUT2D eigenvalue weighted by Gasteiger charge is 2.27. The highest BCUT2D eigenvalue weighted by Crippen LogP contribution is 2.35. The highest BCUT2D eigenvalue weighted by molar-refractivity contribution is 4.90. The molecule has 1 rings (SSSR count). The van der Waals surface area contributed by atoms with Crippen molar-refractivity contribution in [2.24, 2.45) is 11.8 Å². The van der Waals surface area contributed by atoms with Crippen molar-refractivity contribution in [3.63, 3.8) is 0 Å². The van der Waals surface area contributed by atoms with E-state index < -0.39 is 0 Å². The minimum atomic E-state index is 0.265. The van der Waals surface area contributed by atoms with Crippen LogP contribution in [0.5, 0.6) is 0 Å². The highest BCUT2D eigenvalue weighted by atomic mass is 14.9. The van der Waals surface area contributed by atoms with E-state index in [0.29, 0.717) is 0 Å². The van der Waals surface area contributed by atoms with Gasteiger partial charge in [-0.05, 0) is 65.3 Å². The third kappa shape index (κ3) is 5.16. The monoisotopic (exact) mass is 223 g/mol. The Bertz CT molecular complexity index is 224. The summed E-state index contributed by atoms with van der Waals surface area (Å²) in [6.07, 6.45) is 6.85. The molecule has 0 bridgehead atoms. The first-order chi connectivity index (χ1) is 7.38. The molecule has 0 spiro atoms. The lowest BCUT2D eigenvalue weighted by Crippen LogP contribution is -2.39. The predicted molar refractivity (Wildman–Crippen MR) is 72.6 cm³/mol. The lowest BCUT2D eigenvalue weighted by Gasteiger charge is -2.26. The maximum absolute atomic E-state index is 4.01. The van der Waals surface area contributed by atoms with Crippen molar-refractivity contribution in [1.82, 2.24) is 5.32 Å². The largest absolute Gasteiger partial charge is 0.312 e. The van der Waals surface area contributed by atoms with Crippen molar-refractivity contribution < 1.29 is 0 Å². The molecular formula is C15H29N. The third-order valence-electron chi connectivity index (χ3n) is 3.65. The minimum absolute atomic E-state index is 0.265. The summed E-state index contributed by atoms with van der Waals surface area (Å²) in [5, 5.41) is 3.66. The van der Waals surface area contributed by atoms with Gasteiger partial charge in [-0.2, -0.15) is 0 Å². The van der Waals surface area contributed by atoms with Crippen LogP contribution in [0.2, 0.25) is 0 Å². The van der Waals surface area contributed by atoms with E-state index in [1.54, 1.807) is 0 Å². The molecule has 1 N–H and O–H groups in total. The zero-order valence-corrected chi connectivity index (χ0v) is 11.6. The van der Waals surface area contributed by atoms with E-state index in [1.165, 1.54) is 44.2 Å².